The van der Waals surface area contributed by atoms with E-state index in [-0.39, 0.29) is 0 Å². The third-order valence-electron chi connectivity index (χ3n) is 4.09. The molecule has 0 saturated heterocycles. The molecule has 2 aromatic rings. The Hall–Kier alpha value is -1.32. The largest absolute Gasteiger partial charge is 0.459 e. The molecular weight excluding hydrogens is 250 g/mol. The van der Waals surface area contributed by atoms with Gasteiger partial charge in [-0.05, 0) is 55.5 Å². The molecule has 1 aromatic carbocycles. The SMILES string of the molecule is CCCNCc1oc2cc3c(cc2c1COC)CCC3. The summed E-state index contributed by atoms with van der Waals surface area (Å²) >= 11 is 0. The number of fused-ring (bicyclic) bond motifs is 2. The van der Waals surface area contributed by atoms with Gasteiger partial charge in [-0.15, -0.1) is 0 Å². The first kappa shape index (κ1) is 13.7. The lowest BCUT2D eigenvalue weighted by molar-refractivity contribution is 0.183. The number of nitrogens with one attached hydrogen (secondary N) is 1. The van der Waals surface area contributed by atoms with Crippen molar-refractivity contribution in [3.63, 3.8) is 0 Å². The van der Waals surface area contributed by atoms with Gasteiger partial charge in [-0.25, -0.2) is 0 Å². The van der Waals surface area contributed by atoms with Gasteiger partial charge in [0.15, 0.2) is 0 Å². The van der Waals surface area contributed by atoms with Crippen molar-refractivity contribution in [1.82, 2.24) is 5.32 Å². The van der Waals surface area contributed by atoms with Crippen LogP contribution in [-0.4, -0.2) is 13.7 Å². The van der Waals surface area contributed by atoms with Crippen LogP contribution in [0.3, 0.4) is 0 Å². The predicted molar refractivity (Wildman–Crippen MR) is 80.9 cm³/mol. The van der Waals surface area contributed by atoms with Gasteiger partial charge >= 0.3 is 0 Å². The van der Waals surface area contributed by atoms with Crippen LogP contribution in [0.15, 0.2) is 16.5 Å². The fourth-order valence-corrected chi connectivity index (χ4v) is 3.09. The zero-order valence-electron chi connectivity index (χ0n) is 12.4. The molecule has 0 spiro atoms. The van der Waals surface area contributed by atoms with Crippen LogP contribution in [0, 0.1) is 0 Å². The van der Waals surface area contributed by atoms with Crippen molar-refractivity contribution in [3.8, 4) is 0 Å². The maximum Gasteiger partial charge on any atom is 0.135 e. The van der Waals surface area contributed by atoms with E-state index in [1.165, 1.54) is 41.3 Å². The highest BCUT2D eigenvalue weighted by atomic mass is 16.5. The number of furan rings is 1. The van der Waals surface area contributed by atoms with Crippen molar-refractivity contribution in [2.24, 2.45) is 0 Å². The highest BCUT2D eigenvalue weighted by Gasteiger charge is 2.18. The van der Waals surface area contributed by atoms with E-state index in [1.54, 1.807) is 7.11 Å². The van der Waals surface area contributed by atoms with Crippen molar-refractivity contribution in [1.29, 1.82) is 0 Å². The van der Waals surface area contributed by atoms with Gasteiger partial charge in [-0.3, -0.25) is 0 Å². The molecule has 1 aromatic heterocycles. The average molecular weight is 273 g/mol. The summed E-state index contributed by atoms with van der Waals surface area (Å²) < 4.78 is 11.5. The van der Waals surface area contributed by atoms with Gasteiger partial charge in [0.1, 0.15) is 11.3 Å². The Morgan fingerprint density at radius 3 is 2.80 bits per heavy atom. The normalized spacial score (nSPS) is 14.1. The van der Waals surface area contributed by atoms with Gasteiger partial charge < -0.3 is 14.5 Å². The van der Waals surface area contributed by atoms with Crippen LogP contribution in [0.5, 0.6) is 0 Å². The van der Waals surface area contributed by atoms with Crippen molar-refractivity contribution in [2.75, 3.05) is 13.7 Å². The third kappa shape index (κ3) is 2.48. The minimum atomic E-state index is 0.620. The molecule has 0 saturated carbocycles. The molecule has 0 radical (unpaired) electrons. The van der Waals surface area contributed by atoms with Crippen molar-refractivity contribution in [3.05, 3.63) is 34.6 Å². The smallest absolute Gasteiger partial charge is 0.135 e. The number of hydrogen-bond donors (Lipinski definition) is 1. The van der Waals surface area contributed by atoms with Crippen LogP contribution in [0.4, 0.5) is 0 Å². The Bertz CT molecular complexity index is 601. The van der Waals surface area contributed by atoms with Crippen LogP contribution in [0.25, 0.3) is 11.0 Å². The lowest BCUT2D eigenvalue weighted by Gasteiger charge is -2.04. The summed E-state index contributed by atoms with van der Waals surface area (Å²) in [4.78, 5) is 0. The molecule has 1 aliphatic carbocycles. The average Bonchev–Trinajstić information content (AvgIpc) is 3.02. The standard InChI is InChI=1S/C17H23NO2/c1-3-7-18-10-17-15(11-19-2)14-8-12-5-4-6-13(12)9-16(14)20-17/h8-9,18H,3-7,10-11H2,1-2H3. The second-order valence-corrected chi connectivity index (χ2v) is 5.58. The minimum absolute atomic E-state index is 0.620. The van der Waals surface area contributed by atoms with E-state index in [0.717, 1.165) is 30.9 Å². The maximum absolute atomic E-state index is 6.08. The van der Waals surface area contributed by atoms with Gasteiger partial charge in [-0.1, -0.05) is 6.92 Å². The molecular formula is C17H23NO2. The first-order valence-corrected chi connectivity index (χ1v) is 7.59. The van der Waals surface area contributed by atoms with Crippen LogP contribution >= 0.6 is 0 Å². The maximum atomic E-state index is 6.08. The number of benzene rings is 1. The van der Waals surface area contributed by atoms with Gasteiger partial charge in [0, 0.05) is 18.1 Å². The Morgan fingerprint density at radius 2 is 2.05 bits per heavy atom. The summed E-state index contributed by atoms with van der Waals surface area (Å²) in [6.07, 6.45) is 4.79. The number of methoxy groups -OCH3 is 1. The van der Waals surface area contributed by atoms with E-state index in [2.05, 4.69) is 24.4 Å². The van der Waals surface area contributed by atoms with E-state index in [9.17, 15) is 0 Å². The number of ether oxygens (including phenoxy) is 1. The zero-order chi connectivity index (χ0) is 13.9. The van der Waals surface area contributed by atoms with E-state index in [0.29, 0.717) is 6.61 Å². The van der Waals surface area contributed by atoms with Gasteiger partial charge in [-0.2, -0.15) is 0 Å². The Kier molecular flexibility index (Phi) is 4.08. The van der Waals surface area contributed by atoms with Crippen LogP contribution in [-0.2, 0) is 30.7 Å². The first-order valence-electron chi connectivity index (χ1n) is 7.59. The summed E-state index contributed by atoms with van der Waals surface area (Å²) in [5.74, 6) is 1.03. The Morgan fingerprint density at radius 1 is 1.25 bits per heavy atom. The quantitative estimate of drug-likeness (QED) is 0.817. The Labute approximate surface area is 120 Å². The lowest BCUT2D eigenvalue weighted by atomic mass is 10.0. The molecule has 0 unspecified atom stereocenters. The van der Waals surface area contributed by atoms with Crippen molar-refractivity contribution < 1.29 is 9.15 Å². The molecule has 0 amide bonds. The highest BCUT2D eigenvalue weighted by Crippen LogP contribution is 2.33. The second-order valence-electron chi connectivity index (χ2n) is 5.58. The molecule has 108 valence electrons. The molecule has 1 N–H and O–H groups in total. The van der Waals surface area contributed by atoms with Crippen LogP contribution in [0.1, 0.15) is 42.2 Å². The third-order valence-corrected chi connectivity index (χ3v) is 4.09. The van der Waals surface area contributed by atoms with Gasteiger partial charge in [0.25, 0.3) is 0 Å². The topological polar surface area (TPSA) is 34.4 Å². The van der Waals surface area contributed by atoms with E-state index in [4.69, 9.17) is 9.15 Å². The molecule has 3 nitrogen and oxygen atoms in total. The summed E-state index contributed by atoms with van der Waals surface area (Å²) in [6, 6.07) is 4.55. The van der Waals surface area contributed by atoms with Gasteiger partial charge in [0.2, 0.25) is 0 Å². The van der Waals surface area contributed by atoms with E-state index >= 15 is 0 Å². The second kappa shape index (κ2) is 5.98. The van der Waals surface area contributed by atoms with Crippen LogP contribution < -0.4 is 5.32 Å². The zero-order valence-corrected chi connectivity index (χ0v) is 12.4. The molecule has 0 bridgehead atoms. The lowest BCUT2D eigenvalue weighted by Crippen LogP contribution is -2.14. The highest BCUT2D eigenvalue weighted by molar-refractivity contribution is 5.84. The van der Waals surface area contributed by atoms with Crippen LogP contribution in [0.2, 0.25) is 0 Å². The molecule has 0 fully saturated rings. The molecule has 3 heteroatoms. The van der Waals surface area contributed by atoms with Crippen molar-refractivity contribution >= 4 is 11.0 Å². The number of aryl methyl sites for hydroxylation is 2. The first-order chi connectivity index (χ1) is 9.83. The minimum Gasteiger partial charge on any atom is -0.459 e. The van der Waals surface area contributed by atoms with Crippen molar-refractivity contribution in [2.45, 2.75) is 45.8 Å². The fourth-order valence-electron chi connectivity index (χ4n) is 3.09. The molecule has 20 heavy (non-hydrogen) atoms. The summed E-state index contributed by atoms with van der Waals surface area (Å²) in [6.45, 7) is 4.59. The summed E-state index contributed by atoms with van der Waals surface area (Å²) in [5, 5.41) is 4.66. The predicted octanol–water partition coefficient (Wildman–Crippen LogP) is 3.57. The number of hydrogen-bond acceptors (Lipinski definition) is 3. The van der Waals surface area contributed by atoms with E-state index in [1.807, 2.05) is 0 Å². The number of rotatable bonds is 6. The molecule has 3 rings (SSSR count). The molecule has 1 heterocycles. The van der Waals surface area contributed by atoms with E-state index < -0.39 is 0 Å². The fraction of sp³-hybridized carbons (Fsp3) is 0.529. The monoisotopic (exact) mass is 273 g/mol. The molecule has 0 atom stereocenters. The molecule has 0 aliphatic heterocycles. The molecule has 1 aliphatic rings. The Balaban J connectivity index is 1.99. The summed E-state index contributed by atoms with van der Waals surface area (Å²) in [7, 11) is 1.75. The summed E-state index contributed by atoms with van der Waals surface area (Å²) in [5.41, 5.74) is 5.18. The van der Waals surface area contributed by atoms with Gasteiger partial charge in [0.05, 0.1) is 13.2 Å².